The van der Waals surface area contributed by atoms with Crippen molar-refractivity contribution in [1.29, 1.82) is 0 Å². The van der Waals surface area contributed by atoms with Crippen LogP contribution in [0.15, 0.2) is 48.5 Å². The van der Waals surface area contributed by atoms with Crippen LogP contribution >= 0.6 is 23.2 Å². The highest BCUT2D eigenvalue weighted by Gasteiger charge is 2.55. The summed E-state index contributed by atoms with van der Waals surface area (Å²) in [5.41, 5.74) is -1.47. The lowest BCUT2D eigenvalue weighted by Crippen LogP contribution is -2.62. The summed E-state index contributed by atoms with van der Waals surface area (Å²) in [6, 6.07) is 8.97. The molecule has 0 saturated carbocycles. The molecule has 0 spiro atoms. The van der Waals surface area contributed by atoms with Gasteiger partial charge in [0.2, 0.25) is 0 Å². The number of carbonyl (C=O) groups excluding carboxylic acids is 1. The third kappa shape index (κ3) is 7.29. The largest absolute Gasteiger partial charge is 0.481 e. The summed E-state index contributed by atoms with van der Waals surface area (Å²) in [6.07, 6.45) is -8.60. The Bertz CT molecular complexity index is 1360. The highest BCUT2D eigenvalue weighted by Crippen LogP contribution is 2.49. The maximum Gasteiger partial charge on any atom is 0.391 e. The molecule has 0 aliphatic carbocycles. The number of halogens is 5. The van der Waals surface area contributed by atoms with Gasteiger partial charge in [0, 0.05) is 10.0 Å². The molecule has 2 aromatic rings. The second-order valence-corrected chi connectivity index (χ2v) is 14.6. The summed E-state index contributed by atoms with van der Waals surface area (Å²) < 4.78 is 73.3. The van der Waals surface area contributed by atoms with Gasteiger partial charge in [-0.2, -0.15) is 13.2 Å². The van der Waals surface area contributed by atoms with Gasteiger partial charge in [-0.15, -0.1) is 0 Å². The Kier molecular flexibility index (Phi) is 9.25. The molecule has 2 aromatic carbocycles. The first-order valence-corrected chi connectivity index (χ1v) is 14.7. The fourth-order valence-corrected chi connectivity index (χ4v) is 6.29. The van der Waals surface area contributed by atoms with E-state index in [2.05, 4.69) is 0 Å². The summed E-state index contributed by atoms with van der Waals surface area (Å²) in [7, 11) is -4.20. The number of carbonyl (C=O) groups is 2. The summed E-state index contributed by atoms with van der Waals surface area (Å²) in [6.45, 7) is 5.24. The molecular formula is C27H30Cl2F3NO6S. The number of benzene rings is 2. The van der Waals surface area contributed by atoms with Crippen LogP contribution in [0.2, 0.25) is 10.0 Å². The van der Waals surface area contributed by atoms with Gasteiger partial charge < -0.3 is 14.7 Å². The Morgan fingerprint density at radius 1 is 1.07 bits per heavy atom. The van der Waals surface area contributed by atoms with E-state index >= 15 is 0 Å². The molecule has 7 nitrogen and oxygen atoms in total. The van der Waals surface area contributed by atoms with E-state index in [9.17, 15) is 36.3 Å². The average molecular weight is 625 g/mol. The van der Waals surface area contributed by atoms with Gasteiger partial charge in [0.1, 0.15) is 6.10 Å². The zero-order valence-electron chi connectivity index (χ0n) is 22.2. The molecule has 1 saturated heterocycles. The van der Waals surface area contributed by atoms with Crippen LogP contribution in [-0.2, 0) is 24.2 Å². The van der Waals surface area contributed by atoms with Crippen molar-refractivity contribution in [3.63, 3.8) is 0 Å². The lowest BCUT2D eigenvalue weighted by atomic mass is 9.86. The fourth-order valence-electron chi connectivity index (χ4n) is 4.68. The topological polar surface area (TPSA) is 101 Å². The molecule has 1 amide bonds. The molecule has 1 N–H and O–H groups in total. The minimum Gasteiger partial charge on any atom is -0.481 e. The number of nitrogens with zero attached hydrogens (tertiary/aromatic N) is 1. The highest BCUT2D eigenvalue weighted by molar-refractivity contribution is 7.92. The molecule has 0 unspecified atom stereocenters. The normalized spacial score (nSPS) is 23.2. The van der Waals surface area contributed by atoms with Crippen molar-refractivity contribution in [2.75, 3.05) is 5.75 Å². The van der Waals surface area contributed by atoms with Gasteiger partial charge in [-0.25, -0.2) is 8.42 Å². The maximum atomic E-state index is 14.1. The number of rotatable bonds is 8. The van der Waals surface area contributed by atoms with Crippen molar-refractivity contribution in [2.45, 2.75) is 75.2 Å². The highest BCUT2D eigenvalue weighted by atomic mass is 35.5. The van der Waals surface area contributed by atoms with Crippen molar-refractivity contribution in [2.24, 2.45) is 0 Å². The minimum absolute atomic E-state index is 0.265. The van der Waals surface area contributed by atoms with Crippen molar-refractivity contribution in [1.82, 2.24) is 4.90 Å². The maximum absolute atomic E-state index is 14.1. The van der Waals surface area contributed by atoms with Crippen LogP contribution in [0.4, 0.5) is 13.2 Å². The molecule has 0 bridgehead atoms. The second kappa shape index (κ2) is 11.5. The van der Waals surface area contributed by atoms with Gasteiger partial charge in [0.25, 0.3) is 5.91 Å². The number of ether oxygens (including phenoxy) is 1. The number of carboxylic acids is 1. The molecule has 1 fully saturated rings. The van der Waals surface area contributed by atoms with Crippen LogP contribution in [0.5, 0.6) is 0 Å². The molecule has 13 heteroatoms. The summed E-state index contributed by atoms with van der Waals surface area (Å²) in [4.78, 5) is 26.7. The summed E-state index contributed by atoms with van der Waals surface area (Å²) >= 11 is 12.3. The monoisotopic (exact) mass is 623 g/mol. The van der Waals surface area contributed by atoms with Crippen LogP contribution < -0.4 is 0 Å². The summed E-state index contributed by atoms with van der Waals surface area (Å²) in [5, 5.41) is 10.2. The number of carboxylic acid groups (broad SMARTS) is 1. The van der Waals surface area contributed by atoms with E-state index in [0.717, 1.165) is 4.90 Å². The van der Waals surface area contributed by atoms with Crippen LogP contribution in [0, 0.1) is 0 Å². The quantitative estimate of drug-likeness (QED) is 0.365. The van der Waals surface area contributed by atoms with Crippen LogP contribution in [0.25, 0.3) is 0 Å². The van der Waals surface area contributed by atoms with Gasteiger partial charge in [-0.1, -0.05) is 47.5 Å². The smallest absolute Gasteiger partial charge is 0.391 e. The Morgan fingerprint density at radius 3 is 2.17 bits per heavy atom. The van der Waals surface area contributed by atoms with E-state index in [1.54, 1.807) is 18.2 Å². The Labute approximate surface area is 241 Å². The second-order valence-electron chi connectivity index (χ2n) is 11.0. The average Bonchev–Trinajstić information content (AvgIpc) is 2.78. The van der Waals surface area contributed by atoms with E-state index in [1.165, 1.54) is 58.0 Å². The van der Waals surface area contributed by atoms with Crippen LogP contribution in [0.3, 0.4) is 0 Å². The van der Waals surface area contributed by atoms with Gasteiger partial charge >= 0.3 is 12.1 Å². The predicted molar refractivity (Wildman–Crippen MR) is 145 cm³/mol. The number of sulfone groups is 1. The molecule has 4 atom stereocenters. The van der Waals surface area contributed by atoms with E-state index in [1.807, 2.05) is 0 Å². The van der Waals surface area contributed by atoms with Gasteiger partial charge in [0.15, 0.2) is 15.4 Å². The minimum atomic E-state index is -4.87. The Balaban J connectivity index is 2.35. The zero-order chi connectivity index (χ0) is 30.3. The van der Waals surface area contributed by atoms with Crippen molar-refractivity contribution in [3.8, 4) is 0 Å². The number of alkyl halides is 3. The van der Waals surface area contributed by atoms with E-state index in [0.29, 0.717) is 16.1 Å². The molecular weight excluding hydrogens is 594 g/mol. The van der Waals surface area contributed by atoms with Crippen molar-refractivity contribution < 1.29 is 41.0 Å². The van der Waals surface area contributed by atoms with Gasteiger partial charge in [0.05, 0.1) is 35.4 Å². The molecule has 3 rings (SSSR count). The first-order valence-electron chi connectivity index (χ1n) is 12.3. The third-order valence-corrected chi connectivity index (χ3v) is 9.92. The molecule has 220 valence electrons. The predicted octanol–water partition coefficient (Wildman–Crippen LogP) is 6.40. The van der Waals surface area contributed by atoms with Crippen LogP contribution in [0.1, 0.15) is 63.8 Å². The number of aliphatic carboxylic acids is 1. The van der Waals surface area contributed by atoms with Gasteiger partial charge in [-0.3, -0.25) is 9.59 Å². The van der Waals surface area contributed by atoms with Crippen molar-refractivity contribution in [3.05, 3.63) is 69.7 Å². The standard InChI is InChI=1S/C27H30Cl2F3NO6S/c1-25(2,3)40(37,38)15-20(13-27(30,31)32)33-22(16-8-10-18(28)11-9-16)23(17-6-5-7-19(29)12-17)39-26(4,24(33)36)14-21(34)35/h5-12,20,22-23H,13-15H2,1-4H3,(H,34,35)/t20-,22+,23+,26+/m0/s1. The zero-order valence-corrected chi connectivity index (χ0v) is 24.5. The first kappa shape index (κ1) is 32.2. The van der Waals surface area contributed by atoms with Gasteiger partial charge in [-0.05, 0) is 63.1 Å². The summed E-state index contributed by atoms with van der Waals surface area (Å²) in [5.74, 6) is -3.52. The molecule has 1 aliphatic rings. The third-order valence-electron chi connectivity index (χ3n) is 6.74. The molecule has 0 radical (unpaired) electrons. The van der Waals surface area contributed by atoms with E-state index < -0.39 is 75.0 Å². The molecule has 0 aromatic heterocycles. The number of hydrogen-bond acceptors (Lipinski definition) is 5. The van der Waals surface area contributed by atoms with E-state index in [4.69, 9.17) is 27.9 Å². The number of hydrogen-bond donors (Lipinski definition) is 1. The number of morpholine rings is 1. The van der Waals surface area contributed by atoms with E-state index in [-0.39, 0.29) is 5.02 Å². The van der Waals surface area contributed by atoms with Crippen molar-refractivity contribution >= 4 is 44.9 Å². The molecule has 1 aliphatic heterocycles. The molecule has 40 heavy (non-hydrogen) atoms. The Hall–Kier alpha value is -2.34. The SMILES string of the molecule is CC(C)(C)S(=O)(=O)C[C@H](CC(F)(F)F)N1C(=O)[C@@](C)(CC(=O)O)O[C@H](c2cccc(Cl)c2)[C@H]1c1ccc(Cl)cc1. The lowest BCUT2D eigenvalue weighted by Gasteiger charge is -2.51. The first-order chi connectivity index (χ1) is 18.2. The lowest BCUT2D eigenvalue weighted by molar-refractivity contribution is -0.212. The number of amides is 1. The fraction of sp³-hybridized carbons (Fsp3) is 0.481. The Morgan fingerprint density at radius 2 is 1.68 bits per heavy atom. The van der Waals surface area contributed by atoms with Crippen LogP contribution in [-0.4, -0.2) is 58.6 Å². The molecule has 1 heterocycles.